The number of para-hydroxylation sites is 2. The molecule has 5 nitrogen and oxygen atoms in total. The van der Waals surface area contributed by atoms with E-state index >= 15 is 0 Å². The number of hydrogen-bond acceptors (Lipinski definition) is 4. The molecule has 0 aliphatic carbocycles. The summed E-state index contributed by atoms with van der Waals surface area (Å²) >= 11 is 0. The molecule has 0 heterocycles. The Balaban J connectivity index is 2.00. The number of nitrogen functional groups attached to an aromatic ring is 1. The monoisotopic (exact) mass is 311 g/mol. The second-order valence-electron chi connectivity index (χ2n) is 5.90. The molecule has 0 aliphatic rings. The molecule has 0 fully saturated rings. The van der Waals surface area contributed by atoms with Crippen molar-refractivity contribution in [3.8, 4) is 5.75 Å². The first-order valence-corrected chi connectivity index (χ1v) is 7.35. The number of aromatic hydroxyl groups is 1. The van der Waals surface area contributed by atoms with Gasteiger partial charge in [0.2, 0.25) is 0 Å². The summed E-state index contributed by atoms with van der Waals surface area (Å²) < 4.78 is 0. The molecule has 0 radical (unpaired) electrons. The number of phenolic OH excluding ortho intramolecular Hbond substituents is 1. The minimum atomic E-state index is -0.498. The van der Waals surface area contributed by atoms with Gasteiger partial charge in [-0.3, -0.25) is 9.79 Å². The van der Waals surface area contributed by atoms with Gasteiger partial charge in [-0.15, -0.1) is 0 Å². The van der Waals surface area contributed by atoms with Gasteiger partial charge in [0.25, 0.3) is 5.91 Å². The van der Waals surface area contributed by atoms with Gasteiger partial charge in [-0.2, -0.15) is 0 Å². The lowest BCUT2D eigenvalue weighted by molar-refractivity contribution is 0.0943. The minimum absolute atomic E-state index is 0.0385. The molecule has 2 aromatic rings. The summed E-state index contributed by atoms with van der Waals surface area (Å²) in [5, 5.41) is 12.5. The molecule has 0 spiro atoms. The third-order valence-electron chi connectivity index (χ3n) is 3.38. The summed E-state index contributed by atoms with van der Waals surface area (Å²) in [5.41, 5.74) is 7.13. The van der Waals surface area contributed by atoms with Crippen LogP contribution in [0.15, 0.2) is 53.5 Å². The molecule has 0 atom stereocenters. The molecule has 0 saturated heterocycles. The van der Waals surface area contributed by atoms with Crippen LogP contribution < -0.4 is 11.1 Å². The topological polar surface area (TPSA) is 87.7 Å². The van der Waals surface area contributed by atoms with Crippen LogP contribution in [0.25, 0.3) is 0 Å². The Labute approximate surface area is 135 Å². The van der Waals surface area contributed by atoms with Crippen molar-refractivity contribution in [2.45, 2.75) is 19.4 Å². The van der Waals surface area contributed by atoms with Crippen LogP contribution in [0.1, 0.15) is 29.8 Å². The summed E-state index contributed by atoms with van der Waals surface area (Å²) in [5.74, 6) is -0.367. The molecule has 0 bridgehead atoms. The van der Waals surface area contributed by atoms with Crippen molar-refractivity contribution >= 4 is 17.8 Å². The fourth-order valence-corrected chi connectivity index (χ4v) is 1.98. The molecule has 5 heteroatoms. The number of carbonyl (C=O) groups is 1. The third kappa shape index (κ3) is 4.57. The minimum Gasteiger partial charge on any atom is -0.507 e. The Bertz CT molecular complexity index is 724. The van der Waals surface area contributed by atoms with Gasteiger partial charge in [-0.25, -0.2) is 0 Å². The number of hydrogen-bond donors (Lipinski definition) is 3. The van der Waals surface area contributed by atoms with Crippen molar-refractivity contribution in [1.82, 2.24) is 5.32 Å². The van der Waals surface area contributed by atoms with Gasteiger partial charge in [-0.05, 0) is 32.0 Å². The zero-order valence-electron chi connectivity index (χ0n) is 13.3. The van der Waals surface area contributed by atoms with Crippen LogP contribution in [0.2, 0.25) is 0 Å². The number of nitrogens with zero attached hydrogens (tertiary/aromatic N) is 1. The van der Waals surface area contributed by atoms with Gasteiger partial charge in [-0.1, -0.05) is 30.3 Å². The number of rotatable bonds is 5. The molecule has 0 saturated carbocycles. The molecule has 2 aromatic carbocycles. The van der Waals surface area contributed by atoms with Crippen LogP contribution in [-0.2, 0) is 0 Å². The predicted octanol–water partition coefficient (Wildman–Crippen LogP) is 2.60. The van der Waals surface area contributed by atoms with Gasteiger partial charge < -0.3 is 16.2 Å². The Kier molecular flexibility index (Phi) is 5.01. The van der Waals surface area contributed by atoms with Crippen molar-refractivity contribution in [3.05, 3.63) is 59.7 Å². The van der Waals surface area contributed by atoms with Crippen LogP contribution in [0, 0.1) is 0 Å². The maximum Gasteiger partial charge on any atom is 0.255 e. The number of benzene rings is 2. The molecule has 120 valence electrons. The quantitative estimate of drug-likeness (QED) is 0.586. The van der Waals surface area contributed by atoms with Crippen molar-refractivity contribution in [2.75, 3.05) is 12.3 Å². The van der Waals surface area contributed by atoms with Gasteiger partial charge in [0.05, 0.1) is 11.1 Å². The molecule has 1 amide bonds. The fourth-order valence-electron chi connectivity index (χ4n) is 1.98. The average Bonchev–Trinajstić information content (AvgIpc) is 2.52. The van der Waals surface area contributed by atoms with E-state index in [9.17, 15) is 9.90 Å². The lowest BCUT2D eigenvalue weighted by Gasteiger charge is -2.20. The molecule has 23 heavy (non-hydrogen) atoms. The Morgan fingerprint density at radius 1 is 1.22 bits per heavy atom. The van der Waals surface area contributed by atoms with E-state index < -0.39 is 5.54 Å². The molecule has 0 aliphatic heterocycles. The number of amides is 1. The van der Waals surface area contributed by atoms with Crippen LogP contribution >= 0.6 is 0 Å². The molecule has 0 unspecified atom stereocenters. The van der Waals surface area contributed by atoms with E-state index in [2.05, 4.69) is 10.3 Å². The Hall–Kier alpha value is -2.82. The van der Waals surface area contributed by atoms with Crippen molar-refractivity contribution < 1.29 is 9.90 Å². The van der Waals surface area contributed by atoms with Crippen molar-refractivity contribution in [2.24, 2.45) is 4.99 Å². The first kappa shape index (κ1) is 16.5. The van der Waals surface area contributed by atoms with Crippen molar-refractivity contribution in [1.29, 1.82) is 0 Å². The lowest BCUT2D eigenvalue weighted by Crippen LogP contribution is -2.37. The number of aliphatic imine (C=N–C) groups is 1. The maximum absolute atomic E-state index is 12.1. The third-order valence-corrected chi connectivity index (χ3v) is 3.38. The Morgan fingerprint density at radius 2 is 1.87 bits per heavy atom. The van der Waals surface area contributed by atoms with E-state index in [1.807, 2.05) is 38.1 Å². The highest BCUT2D eigenvalue weighted by Gasteiger charge is 2.18. The summed E-state index contributed by atoms with van der Waals surface area (Å²) in [6, 6.07) is 13.9. The number of carbonyl (C=O) groups excluding carboxylic acids is 1. The summed E-state index contributed by atoms with van der Waals surface area (Å²) in [7, 11) is 0. The normalized spacial score (nSPS) is 11.6. The van der Waals surface area contributed by atoms with Crippen LogP contribution in [0.3, 0.4) is 0 Å². The zero-order valence-corrected chi connectivity index (χ0v) is 13.3. The van der Waals surface area contributed by atoms with Gasteiger partial charge in [0, 0.05) is 24.0 Å². The number of nitrogens with one attached hydrogen (secondary N) is 1. The zero-order chi connectivity index (χ0) is 16.9. The van der Waals surface area contributed by atoms with E-state index in [1.165, 1.54) is 6.07 Å². The summed E-state index contributed by atoms with van der Waals surface area (Å²) in [6.07, 6.45) is 1.71. The van der Waals surface area contributed by atoms with E-state index in [0.717, 1.165) is 5.56 Å². The number of phenols is 1. The number of anilines is 1. The lowest BCUT2D eigenvalue weighted by atomic mass is 10.1. The SMILES string of the molecule is CC(C)(CNC(=O)c1ccccc1O)N=Cc1ccccc1N. The van der Waals surface area contributed by atoms with Gasteiger partial charge >= 0.3 is 0 Å². The highest BCUT2D eigenvalue weighted by atomic mass is 16.3. The first-order chi connectivity index (χ1) is 10.9. The molecule has 2 rings (SSSR count). The standard InChI is InChI=1S/C18H21N3O2/c1-18(2,21-11-13-7-3-5-9-15(13)19)12-20-17(23)14-8-4-6-10-16(14)22/h3-11,22H,12,19H2,1-2H3,(H,20,23). The van der Waals surface area contributed by atoms with E-state index in [1.54, 1.807) is 24.4 Å². The smallest absolute Gasteiger partial charge is 0.255 e. The average molecular weight is 311 g/mol. The van der Waals surface area contributed by atoms with Crippen LogP contribution in [0.5, 0.6) is 5.75 Å². The van der Waals surface area contributed by atoms with Crippen LogP contribution in [0.4, 0.5) is 5.69 Å². The second kappa shape index (κ2) is 6.96. The molecular formula is C18H21N3O2. The Morgan fingerprint density at radius 3 is 2.57 bits per heavy atom. The van der Waals surface area contributed by atoms with Crippen molar-refractivity contribution in [3.63, 3.8) is 0 Å². The predicted molar refractivity (Wildman–Crippen MR) is 93.0 cm³/mol. The van der Waals surface area contributed by atoms with E-state index in [-0.39, 0.29) is 17.2 Å². The largest absolute Gasteiger partial charge is 0.507 e. The highest BCUT2D eigenvalue weighted by molar-refractivity contribution is 5.96. The van der Waals surface area contributed by atoms with Gasteiger partial charge in [0.1, 0.15) is 5.75 Å². The molecule has 0 aromatic heterocycles. The van der Waals surface area contributed by atoms with Gasteiger partial charge in [0.15, 0.2) is 0 Å². The van der Waals surface area contributed by atoms with Crippen LogP contribution in [-0.4, -0.2) is 29.3 Å². The molecule has 4 N–H and O–H groups in total. The summed E-state index contributed by atoms with van der Waals surface area (Å²) in [4.78, 5) is 16.6. The van der Waals surface area contributed by atoms with E-state index in [0.29, 0.717) is 12.2 Å². The summed E-state index contributed by atoms with van der Waals surface area (Å²) in [6.45, 7) is 4.16. The first-order valence-electron chi connectivity index (χ1n) is 7.35. The fraction of sp³-hybridized carbons (Fsp3) is 0.222. The van der Waals surface area contributed by atoms with E-state index in [4.69, 9.17) is 5.73 Å². The second-order valence-corrected chi connectivity index (χ2v) is 5.90. The highest BCUT2D eigenvalue weighted by Crippen LogP contribution is 2.16. The maximum atomic E-state index is 12.1. The molecular weight excluding hydrogens is 290 g/mol. The number of nitrogens with two attached hydrogens (primary N) is 1.